The topological polar surface area (TPSA) is 108 Å². The number of hydrogen-bond donors (Lipinski definition) is 2. The van der Waals surface area contributed by atoms with Gasteiger partial charge in [-0.1, -0.05) is 174 Å². The number of phosphoric acid groups is 1. The maximum Gasteiger partial charge on any atom is 0.268 e. The van der Waals surface area contributed by atoms with E-state index >= 15 is 0 Å². The highest BCUT2D eigenvalue weighted by atomic mass is 31.2. The van der Waals surface area contributed by atoms with E-state index in [1.54, 1.807) is 6.08 Å². The molecule has 9 heteroatoms. The molecule has 3 unspecified atom stereocenters. The Balaban J connectivity index is 4.46. The Morgan fingerprint density at radius 1 is 0.694 bits per heavy atom. The quantitative estimate of drug-likeness (QED) is 0.0287. The van der Waals surface area contributed by atoms with Crippen molar-refractivity contribution in [3.8, 4) is 0 Å². The fourth-order valence-electron chi connectivity index (χ4n) is 5.92. The third-order valence-electron chi connectivity index (χ3n) is 9.25. The number of allylic oxidation sites excluding steroid dienone is 1. The van der Waals surface area contributed by atoms with Gasteiger partial charge >= 0.3 is 0 Å². The van der Waals surface area contributed by atoms with Crippen LogP contribution in [0.25, 0.3) is 0 Å². The number of hydrogen-bond acceptors (Lipinski definition) is 6. The number of quaternary nitrogens is 1. The lowest BCUT2D eigenvalue weighted by Gasteiger charge is -2.29. The minimum Gasteiger partial charge on any atom is -0.756 e. The molecule has 0 saturated carbocycles. The first-order valence-corrected chi connectivity index (χ1v) is 22.0. The van der Waals surface area contributed by atoms with Crippen LogP contribution in [0.1, 0.15) is 187 Å². The molecule has 0 aromatic carbocycles. The summed E-state index contributed by atoms with van der Waals surface area (Å²) in [5.41, 5.74) is 0. The first-order valence-electron chi connectivity index (χ1n) is 20.6. The van der Waals surface area contributed by atoms with Gasteiger partial charge in [0.2, 0.25) is 5.91 Å². The van der Waals surface area contributed by atoms with Crippen molar-refractivity contribution in [2.75, 3.05) is 40.9 Å². The lowest BCUT2D eigenvalue weighted by atomic mass is 10.0. The third kappa shape index (κ3) is 35.4. The lowest BCUT2D eigenvalue weighted by Crippen LogP contribution is -2.45. The Bertz CT molecular complexity index is 819. The lowest BCUT2D eigenvalue weighted by molar-refractivity contribution is -0.870. The number of carbonyl (C=O) groups is 1. The van der Waals surface area contributed by atoms with Crippen molar-refractivity contribution in [3.63, 3.8) is 0 Å². The van der Waals surface area contributed by atoms with Crippen LogP contribution in [0.5, 0.6) is 0 Å². The van der Waals surface area contributed by atoms with E-state index in [-0.39, 0.29) is 19.1 Å². The van der Waals surface area contributed by atoms with Crippen molar-refractivity contribution in [3.05, 3.63) is 12.2 Å². The van der Waals surface area contributed by atoms with Crippen molar-refractivity contribution in [1.82, 2.24) is 5.32 Å². The molecule has 0 rings (SSSR count). The SMILES string of the molecule is CCCCCCCCCCCCCCCC/C=C/C(O)C(COP(=O)([O-])OCC[N+](C)(C)C)NC(=O)CCCCCCCCCCCCC. The monoisotopic (exact) mass is 717 g/mol. The first kappa shape index (κ1) is 48.2. The van der Waals surface area contributed by atoms with Crippen molar-refractivity contribution < 1.29 is 32.9 Å². The van der Waals surface area contributed by atoms with Crippen molar-refractivity contribution in [1.29, 1.82) is 0 Å². The molecule has 2 N–H and O–H groups in total. The summed E-state index contributed by atoms with van der Waals surface area (Å²) in [5.74, 6) is -0.198. The van der Waals surface area contributed by atoms with Gasteiger partial charge in [-0.15, -0.1) is 0 Å². The van der Waals surface area contributed by atoms with Crippen LogP contribution in [0.3, 0.4) is 0 Å². The number of rotatable bonds is 37. The molecule has 292 valence electrons. The molecule has 0 spiro atoms. The number of aliphatic hydroxyl groups excluding tert-OH is 1. The summed E-state index contributed by atoms with van der Waals surface area (Å²) in [5, 5.41) is 13.7. The number of carbonyl (C=O) groups excluding carboxylic acids is 1. The van der Waals surface area contributed by atoms with Crippen LogP contribution in [-0.2, 0) is 18.4 Å². The maximum atomic E-state index is 12.8. The minimum atomic E-state index is -4.57. The normalized spacial score (nSPS) is 14.7. The van der Waals surface area contributed by atoms with E-state index in [1.165, 1.54) is 128 Å². The second-order valence-corrected chi connectivity index (χ2v) is 16.8. The number of nitrogens with zero attached hydrogens (tertiary/aromatic N) is 1. The van der Waals surface area contributed by atoms with E-state index in [0.717, 1.165) is 38.5 Å². The molecular formula is C40H81N2O6P. The second kappa shape index (κ2) is 33.1. The molecule has 49 heavy (non-hydrogen) atoms. The molecule has 0 fully saturated rings. The molecule has 0 heterocycles. The summed E-state index contributed by atoms with van der Waals surface area (Å²) in [6.45, 7) is 4.63. The zero-order chi connectivity index (χ0) is 36.5. The van der Waals surface area contributed by atoms with Crippen molar-refractivity contribution in [2.24, 2.45) is 0 Å². The summed E-state index contributed by atoms with van der Waals surface area (Å²) in [7, 11) is 1.27. The molecule has 0 aliphatic carbocycles. The summed E-state index contributed by atoms with van der Waals surface area (Å²) in [6, 6.07) is -0.878. The average Bonchev–Trinajstić information content (AvgIpc) is 3.04. The van der Waals surface area contributed by atoms with Crippen LogP contribution in [0, 0.1) is 0 Å². The van der Waals surface area contributed by atoms with Gasteiger partial charge < -0.3 is 28.8 Å². The highest BCUT2D eigenvalue weighted by Gasteiger charge is 2.23. The van der Waals surface area contributed by atoms with E-state index < -0.39 is 20.0 Å². The summed E-state index contributed by atoms with van der Waals surface area (Å²) >= 11 is 0. The van der Waals surface area contributed by atoms with Gasteiger partial charge in [-0.05, 0) is 19.3 Å². The zero-order valence-corrected chi connectivity index (χ0v) is 33.8. The van der Waals surface area contributed by atoms with Crippen LogP contribution in [-0.4, -0.2) is 68.5 Å². The zero-order valence-electron chi connectivity index (χ0n) is 32.9. The van der Waals surface area contributed by atoms with Crippen LogP contribution in [0.15, 0.2) is 12.2 Å². The van der Waals surface area contributed by atoms with Crippen molar-refractivity contribution >= 4 is 13.7 Å². The predicted octanol–water partition coefficient (Wildman–Crippen LogP) is 10.2. The van der Waals surface area contributed by atoms with Crippen LogP contribution in [0.4, 0.5) is 0 Å². The van der Waals surface area contributed by atoms with Crippen LogP contribution < -0.4 is 10.2 Å². The van der Waals surface area contributed by atoms with E-state index in [2.05, 4.69) is 19.2 Å². The number of nitrogens with one attached hydrogen (secondary N) is 1. The predicted molar refractivity (Wildman–Crippen MR) is 205 cm³/mol. The molecular weight excluding hydrogens is 635 g/mol. The number of phosphoric ester groups is 1. The molecule has 0 bridgehead atoms. The fraction of sp³-hybridized carbons (Fsp3) is 0.925. The first-order chi connectivity index (χ1) is 23.5. The van der Waals surface area contributed by atoms with Gasteiger partial charge in [0.1, 0.15) is 13.2 Å². The van der Waals surface area contributed by atoms with E-state index in [0.29, 0.717) is 17.4 Å². The summed E-state index contributed by atoms with van der Waals surface area (Å²) in [6.07, 6.45) is 35.3. The van der Waals surface area contributed by atoms with Gasteiger partial charge in [0.15, 0.2) is 0 Å². The average molecular weight is 717 g/mol. The van der Waals surface area contributed by atoms with Gasteiger partial charge in [0, 0.05) is 6.42 Å². The Labute approximate surface area is 303 Å². The van der Waals surface area contributed by atoms with Gasteiger partial charge in [-0.25, -0.2) is 0 Å². The van der Waals surface area contributed by atoms with E-state index in [9.17, 15) is 19.4 Å². The van der Waals surface area contributed by atoms with E-state index in [1.807, 2.05) is 27.2 Å². The van der Waals surface area contributed by atoms with Crippen LogP contribution in [0.2, 0.25) is 0 Å². The van der Waals surface area contributed by atoms with Gasteiger partial charge in [0.05, 0.1) is 39.9 Å². The van der Waals surface area contributed by atoms with Gasteiger partial charge in [-0.2, -0.15) is 0 Å². The Morgan fingerprint density at radius 2 is 1.10 bits per heavy atom. The molecule has 0 radical (unpaired) electrons. The number of likely N-dealkylation sites (N-methyl/N-ethyl adjacent to an activating group) is 1. The molecule has 8 nitrogen and oxygen atoms in total. The van der Waals surface area contributed by atoms with Gasteiger partial charge in [0.25, 0.3) is 7.82 Å². The van der Waals surface area contributed by atoms with E-state index in [4.69, 9.17) is 9.05 Å². The highest BCUT2D eigenvalue weighted by Crippen LogP contribution is 2.38. The molecule has 0 saturated heterocycles. The molecule has 0 aromatic heterocycles. The minimum absolute atomic E-state index is 0.00180. The summed E-state index contributed by atoms with van der Waals surface area (Å²) in [4.78, 5) is 25.2. The molecule has 0 aliphatic heterocycles. The van der Waals surface area contributed by atoms with Crippen molar-refractivity contribution in [2.45, 2.75) is 199 Å². The third-order valence-corrected chi connectivity index (χ3v) is 10.2. The number of unbranched alkanes of at least 4 members (excludes halogenated alkanes) is 24. The standard InChI is InChI=1S/C40H81N2O6P/c1-6-8-10-12-14-16-18-19-20-21-22-24-25-27-29-31-33-39(43)38(37-48-49(45,46)47-36-35-42(3,4)5)41-40(44)34-32-30-28-26-23-17-15-13-11-9-7-2/h31,33,38-39,43H,6-30,32,34-37H2,1-5H3,(H-,41,44,45,46)/b33-31+. The number of aliphatic hydroxyl groups is 1. The smallest absolute Gasteiger partial charge is 0.268 e. The molecule has 0 aromatic rings. The Hall–Kier alpha value is -0.760. The van der Waals surface area contributed by atoms with Crippen LogP contribution >= 0.6 is 7.82 Å². The highest BCUT2D eigenvalue weighted by molar-refractivity contribution is 7.45. The second-order valence-electron chi connectivity index (χ2n) is 15.4. The Morgan fingerprint density at radius 3 is 1.53 bits per heavy atom. The largest absolute Gasteiger partial charge is 0.756 e. The van der Waals surface area contributed by atoms with Gasteiger partial charge in [-0.3, -0.25) is 9.36 Å². The molecule has 0 aliphatic rings. The maximum absolute atomic E-state index is 12.8. The fourth-order valence-corrected chi connectivity index (χ4v) is 6.64. The molecule has 1 amide bonds. The Kier molecular flexibility index (Phi) is 32.6. The molecule has 3 atom stereocenters. The number of amides is 1. The summed E-state index contributed by atoms with van der Waals surface area (Å²) < 4.78 is 23.1.